The first-order chi connectivity index (χ1) is 15.6. The highest BCUT2D eigenvalue weighted by molar-refractivity contribution is 7.19. The Bertz CT molecular complexity index is 1250. The van der Waals surface area contributed by atoms with Crippen LogP contribution in [0.4, 0.5) is 5.13 Å². The van der Waals surface area contributed by atoms with Gasteiger partial charge in [-0.05, 0) is 85.5 Å². The molecule has 3 aromatic rings. The van der Waals surface area contributed by atoms with Crippen LogP contribution in [0.5, 0.6) is 0 Å². The number of aryl methyl sites for hydroxylation is 2. The number of halogens is 1. The molecule has 0 saturated carbocycles. The molecule has 32 heavy (non-hydrogen) atoms. The van der Waals surface area contributed by atoms with Crippen LogP contribution in [0.15, 0.2) is 24.4 Å². The van der Waals surface area contributed by atoms with Crippen LogP contribution in [0.3, 0.4) is 0 Å². The maximum absolute atomic E-state index is 11.5. The monoisotopic (exact) mass is 463 g/mol. The Balaban J connectivity index is 1.58. The standard InChI is InChI=1S/C24H22ClN5OS/c1-14(31)28-24-29-20-5-4-18-13-27-23(30-21(18)22(20)32-24)19-12-17(3-2-16(19)6-9-25)15-7-10-26-11-8-15/h2-3,12-13,15,26H,4-5,7-8,10-11H2,1H3,(H,28,29,31). The minimum Gasteiger partial charge on any atom is -0.317 e. The minimum atomic E-state index is -0.126. The highest BCUT2D eigenvalue weighted by Gasteiger charge is 2.25. The van der Waals surface area contributed by atoms with Gasteiger partial charge in [0, 0.05) is 29.6 Å². The lowest BCUT2D eigenvalue weighted by molar-refractivity contribution is -0.114. The zero-order valence-corrected chi connectivity index (χ0v) is 19.2. The molecule has 1 aromatic carbocycles. The van der Waals surface area contributed by atoms with Crippen molar-refractivity contribution in [3.05, 3.63) is 46.8 Å². The second-order valence-corrected chi connectivity index (χ2v) is 9.28. The third kappa shape index (κ3) is 4.14. The highest BCUT2D eigenvalue weighted by Crippen LogP contribution is 2.39. The summed E-state index contributed by atoms with van der Waals surface area (Å²) < 4.78 is 0. The van der Waals surface area contributed by atoms with Gasteiger partial charge in [0.1, 0.15) is 0 Å². The van der Waals surface area contributed by atoms with Crippen LogP contribution < -0.4 is 10.6 Å². The van der Waals surface area contributed by atoms with Crippen LogP contribution >= 0.6 is 22.9 Å². The van der Waals surface area contributed by atoms with Crippen molar-refractivity contribution in [3.8, 4) is 33.3 Å². The van der Waals surface area contributed by atoms with Gasteiger partial charge in [0.05, 0.1) is 16.3 Å². The zero-order valence-electron chi connectivity index (χ0n) is 17.7. The first-order valence-electron chi connectivity index (χ1n) is 10.7. The molecule has 0 spiro atoms. The molecule has 1 fully saturated rings. The number of benzene rings is 1. The largest absolute Gasteiger partial charge is 0.317 e. The van der Waals surface area contributed by atoms with Crippen molar-refractivity contribution < 1.29 is 4.79 Å². The van der Waals surface area contributed by atoms with E-state index in [-0.39, 0.29) is 5.91 Å². The zero-order chi connectivity index (χ0) is 22.1. The van der Waals surface area contributed by atoms with Crippen LogP contribution in [0.1, 0.15) is 48.1 Å². The normalized spacial score (nSPS) is 15.3. The van der Waals surface area contributed by atoms with Crippen molar-refractivity contribution >= 4 is 34.0 Å². The molecular formula is C24H22ClN5OS. The molecular weight excluding hydrogens is 442 g/mol. The topological polar surface area (TPSA) is 79.8 Å². The molecule has 3 heterocycles. The van der Waals surface area contributed by atoms with E-state index in [4.69, 9.17) is 21.6 Å². The number of hydrogen-bond donors (Lipinski definition) is 2. The van der Waals surface area contributed by atoms with Crippen molar-refractivity contribution in [1.82, 2.24) is 20.3 Å². The number of aromatic nitrogens is 3. The Morgan fingerprint density at radius 1 is 1.25 bits per heavy atom. The number of hydrogen-bond acceptors (Lipinski definition) is 6. The fourth-order valence-electron chi connectivity index (χ4n) is 4.40. The van der Waals surface area contributed by atoms with Crippen molar-refractivity contribution in [2.75, 3.05) is 18.4 Å². The van der Waals surface area contributed by atoms with E-state index in [2.05, 4.69) is 39.1 Å². The second-order valence-electron chi connectivity index (χ2n) is 8.09. The molecule has 2 aliphatic rings. The molecule has 1 amide bonds. The average Bonchev–Trinajstić information content (AvgIpc) is 3.22. The van der Waals surface area contributed by atoms with Gasteiger partial charge in [0.25, 0.3) is 0 Å². The van der Waals surface area contributed by atoms with Crippen molar-refractivity contribution in [2.24, 2.45) is 0 Å². The molecule has 2 N–H and O–H groups in total. The summed E-state index contributed by atoms with van der Waals surface area (Å²) in [5.41, 5.74) is 5.96. The van der Waals surface area contributed by atoms with Crippen LogP contribution in [0.2, 0.25) is 0 Å². The number of fused-ring (bicyclic) bond motifs is 3. The molecule has 1 saturated heterocycles. The van der Waals surface area contributed by atoms with Gasteiger partial charge in [-0.15, -0.1) is 0 Å². The lowest BCUT2D eigenvalue weighted by atomic mass is 9.88. The van der Waals surface area contributed by atoms with E-state index < -0.39 is 0 Å². The Hall–Kier alpha value is -2.79. The SMILES string of the molecule is CC(=O)Nc1nc2c(s1)-c1nc(-c3cc(C4CCNCC4)ccc3C#CCl)ncc1CC2. The fraction of sp³-hybridized carbons (Fsp3) is 0.333. The van der Waals surface area contributed by atoms with Crippen LogP contribution in [0.25, 0.3) is 22.0 Å². The van der Waals surface area contributed by atoms with Gasteiger partial charge in [-0.3, -0.25) is 4.79 Å². The van der Waals surface area contributed by atoms with Crippen LogP contribution in [-0.4, -0.2) is 33.9 Å². The number of nitrogens with one attached hydrogen (secondary N) is 2. The summed E-state index contributed by atoms with van der Waals surface area (Å²) >= 11 is 7.22. The number of carbonyl (C=O) groups excluding carboxylic acids is 1. The highest BCUT2D eigenvalue weighted by atomic mass is 35.5. The van der Waals surface area contributed by atoms with E-state index in [0.29, 0.717) is 16.9 Å². The van der Waals surface area contributed by atoms with Crippen molar-refractivity contribution in [3.63, 3.8) is 0 Å². The molecule has 8 heteroatoms. The molecule has 0 bridgehead atoms. The van der Waals surface area contributed by atoms with Gasteiger partial charge in [0.2, 0.25) is 5.91 Å². The Kier molecular flexibility index (Phi) is 5.92. The number of piperidine rings is 1. The lowest BCUT2D eigenvalue weighted by Crippen LogP contribution is -2.26. The number of rotatable bonds is 3. The lowest BCUT2D eigenvalue weighted by Gasteiger charge is -2.23. The Morgan fingerprint density at radius 3 is 2.88 bits per heavy atom. The van der Waals surface area contributed by atoms with E-state index in [1.54, 1.807) is 0 Å². The number of nitrogens with zero attached hydrogens (tertiary/aromatic N) is 3. The maximum atomic E-state index is 11.5. The molecule has 0 atom stereocenters. The summed E-state index contributed by atoms with van der Waals surface area (Å²) in [5.74, 6) is 4.02. The molecule has 2 aromatic heterocycles. The minimum absolute atomic E-state index is 0.126. The van der Waals surface area contributed by atoms with E-state index in [9.17, 15) is 4.79 Å². The molecule has 162 valence electrons. The molecule has 0 radical (unpaired) electrons. The Morgan fingerprint density at radius 2 is 2.09 bits per heavy atom. The molecule has 0 unspecified atom stereocenters. The molecule has 5 rings (SSSR count). The number of amides is 1. The predicted molar refractivity (Wildman–Crippen MR) is 128 cm³/mol. The van der Waals surface area contributed by atoms with Crippen LogP contribution in [0, 0.1) is 11.3 Å². The molecule has 6 nitrogen and oxygen atoms in total. The number of anilines is 1. The van der Waals surface area contributed by atoms with E-state index in [1.165, 1.54) is 23.8 Å². The fourth-order valence-corrected chi connectivity index (χ4v) is 5.58. The van der Waals surface area contributed by atoms with Gasteiger partial charge in [-0.1, -0.05) is 17.4 Å². The predicted octanol–water partition coefficient (Wildman–Crippen LogP) is 4.34. The van der Waals surface area contributed by atoms with Crippen LogP contribution in [-0.2, 0) is 17.6 Å². The van der Waals surface area contributed by atoms with Gasteiger partial charge < -0.3 is 10.6 Å². The summed E-state index contributed by atoms with van der Waals surface area (Å²) in [7, 11) is 0. The second kappa shape index (κ2) is 8.99. The number of carbonyl (C=O) groups is 1. The van der Waals surface area contributed by atoms with Gasteiger partial charge in [0.15, 0.2) is 11.0 Å². The first-order valence-corrected chi connectivity index (χ1v) is 11.9. The van der Waals surface area contributed by atoms with Gasteiger partial charge in [-0.25, -0.2) is 15.0 Å². The summed E-state index contributed by atoms with van der Waals surface area (Å²) in [4.78, 5) is 26.7. The smallest absolute Gasteiger partial charge is 0.223 e. The first kappa shape index (κ1) is 21.1. The quantitative estimate of drug-likeness (QED) is 0.565. The third-order valence-electron chi connectivity index (χ3n) is 5.97. The van der Waals surface area contributed by atoms with E-state index in [0.717, 1.165) is 71.7 Å². The van der Waals surface area contributed by atoms with Gasteiger partial charge >= 0.3 is 0 Å². The maximum Gasteiger partial charge on any atom is 0.223 e. The summed E-state index contributed by atoms with van der Waals surface area (Å²) in [6.07, 6.45) is 5.78. The molecule has 1 aliphatic carbocycles. The average molecular weight is 464 g/mol. The third-order valence-corrected chi connectivity index (χ3v) is 7.08. The van der Waals surface area contributed by atoms with Crippen molar-refractivity contribution in [2.45, 2.75) is 38.5 Å². The molecule has 1 aliphatic heterocycles. The Labute approximate surface area is 195 Å². The van der Waals surface area contributed by atoms with E-state index in [1.807, 2.05) is 12.3 Å². The van der Waals surface area contributed by atoms with Gasteiger partial charge in [-0.2, -0.15) is 0 Å². The van der Waals surface area contributed by atoms with E-state index >= 15 is 0 Å². The summed E-state index contributed by atoms with van der Waals surface area (Å²) in [6, 6.07) is 6.35. The summed E-state index contributed by atoms with van der Waals surface area (Å²) in [5, 5.41) is 9.33. The summed E-state index contributed by atoms with van der Waals surface area (Å²) in [6.45, 7) is 3.55. The number of thiazole rings is 1. The van der Waals surface area contributed by atoms with Crippen molar-refractivity contribution in [1.29, 1.82) is 0 Å².